The predicted octanol–water partition coefficient (Wildman–Crippen LogP) is 3.21. The summed E-state index contributed by atoms with van der Waals surface area (Å²) in [5.41, 5.74) is 8.12. The molecule has 0 unspecified atom stereocenters. The molecule has 19 heavy (non-hydrogen) atoms. The van der Waals surface area contributed by atoms with E-state index in [1.807, 2.05) is 12.1 Å². The Balaban J connectivity index is 2.27. The van der Waals surface area contributed by atoms with Gasteiger partial charge >= 0.3 is 0 Å². The highest BCUT2D eigenvalue weighted by atomic mass is 32.1. The van der Waals surface area contributed by atoms with E-state index in [0.717, 1.165) is 16.5 Å². The standard InChI is InChI=1S/C13H16N4S2/c1-13(2,3)9-7-19-12(17-9)16-8-5-4-6-15-10(8)11(14)18/h4-7H,1-3H3,(H2,14,18)(H,16,17). The topological polar surface area (TPSA) is 63.8 Å². The van der Waals surface area contributed by atoms with Crippen LogP contribution < -0.4 is 11.1 Å². The molecule has 0 saturated carbocycles. The normalized spacial score (nSPS) is 11.3. The van der Waals surface area contributed by atoms with Gasteiger partial charge in [-0.05, 0) is 12.1 Å². The molecule has 0 saturated heterocycles. The molecule has 0 fully saturated rings. The van der Waals surface area contributed by atoms with Gasteiger partial charge in [0.1, 0.15) is 10.7 Å². The summed E-state index contributed by atoms with van der Waals surface area (Å²) in [6, 6.07) is 3.72. The van der Waals surface area contributed by atoms with Crippen molar-refractivity contribution in [3.63, 3.8) is 0 Å². The van der Waals surface area contributed by atoms with Crippen LogP contribution in [0.15, 0.2) is 23.7 Å². The van der Waals surface area contributed by atoms with Crippen LogP contribution in [0.4, 0.5) is 10.8 Å². The van der Waals surface area contributed by atoms with Crippen LogP contribution in [0.25, 0.3) is 0 Å². The third kappa shape index (κ3) is 3.27. The molecule has 0 aromatic carbocycles. The van der Waals surface area contributed by atoms with E-state index >= 15 is 0 Å². The Hall–Kier alpha value is -1.53. The molecule has 2 aromatic heterocycles. The van der Waals surface area contributed by atoms with Crippen LogP contribution in [0.3, 0.4) is 0 Å². The molecular weight excluding hydrogens is 276 g/mol. The quantitative estimate of drug-likeness (QED) is 0.850. The number of pyridine rings is 1. The van der Waals surface area contributed by atoms with Gasteiger partial charge < -0.3 is 11.1 Å². The van der Waals surface area contributed by atoms with Crippen molar-refractivity contribution in [3.05, 3.63) is 35.1 Å². The molecule has 100 valence electrons. The highest BCUT2D eigenvalue weighted by Gasteiger charge is 2.18. The maximum Gasteiger partial charge on any atom is 0.187 e. The van der Waals surface area contributed by atoms with Gasteiger partial charge in [-0.2, -0.15) is 0 Å². The van der Waals surface area contributed by atoms with E-state index in [1.54, 1.807) is 17.5 Å². The molecule has 6 heteroatoms. The van der Waals surface area contributed by atoms with Crippen molar-refractivity contribution in [1.29, 1.82) is 0 Å². The van der Waals surface area contributed by atoms with E-state index in [-0.39, 0.29) is 10.4 Å². The summed E-state index contributed by atoms with van der Waals surface area (Å²) < 4.78 is 0. The Labute approximate surface area is 122 Å². The fourth-order valence-electron chi connectivity index (χ4n) is 1.49. The number of rotatable bonds is 3. The van der Waals surface area contributed by atoms with E-state index in [1.165, 1.54) is 0 Å². The van der Waals surface area contributed by atoms with Crippen LogP contribution in [-0.2, 0) is 5.41 Å². The largest absolute Gasteiger partial charge is 0.388 e. The molecule has 3 N–H and O–H groups in total. The van der Waals surface area contributed by atoms with Crippen LogP contribution >= 0.6 is 23.6 Å². The van der Waals surface area contributed by atoms with Gasteiger partial charge in [-0.25, -0.2) is 4.98 Å². The second kappa shape index (κ2) is 5.22. The van der Waals surface area contributed by atoms with Crippen LogP contribution in [0.2, 0.25) is 0 Å². The van der Waals surface area contributed by atoms with E-state index in [9.17, 15) is 0 Å². The molecule has 0 radical (unpaired) electrons. The zero-order valence-electron chi connectivity index (χ0n) is 11.1. The third-order valence-corrected chi connectivity index (χ3v) is 3.51. The zero-order chi connectivity index (χ0) is 14.0. The fourth-order valence-corrected chi connectivity index (χ4v) is 2.61. The van der Waals surface area contributed by atoms with E-state index in [2.05, 4.69) is 41.4 Å². The van der Waals surface area contributed by atoms with Gasteiger partial charge in [-0.15, -0.1) is 11.3 Å². The van der Waals surface area contributed by atoms with Gasteiger partial charge in [0, 0.05) is 17.0 Å². The van der Waals surface area contributed by atoms with E-state index in [4.69, 9.17) is 18.0 Å². The fraction of sp³-hybridized carbons (Fsp3) is 0.308. The lowest BCUT2D eigenvalue weighted by atomic mass is 9.93. The molecule has 2 heterocycles. The lowest BCUT2D eigenvalue weighted by molar-refractivity contribution is 0.573. The number of aromatic nitrogens is 2. The van der Waals surface area contributed by atoms with Crippen LogP contribution in [-0.4, -0.2) is 15.0 Å². The number of nitrogens with two attached hydrogens (primary N) is 1. The molecule has 2 rings (SSSR count). The first kappa shape index (κ1) is 13.9. The molecule has 0 amide bonds. The van der Waals surface area contributed by atoms with Gasteiger partial charge in [-0.1, -0.05) is 33.0 Å². The summed E-state index contributed by atoms with van der Waals surface area (Å²) in [6.45, 7) is 6.41. The number of nitrogens with one attached hydrogen (secondary N) is 1. The highest BCUT2D eigenvalue weighted by molar-refractivity contribution is 7.80. The summed E-state index contributed by atoms with van der Waals surface area (Å²) >= 11 is 6.55. The average molecular weight is 292 g/mol. The molecule has 0 aliphatic carbocycles. The van der Waals surface area contributed by atoms with Crippen molar-refractivity contribution >= 4 is 39.4 Å². The van der Waals surface area contributed by atoms with Crippen LogP contribution in [0.1, 0.15) is 32.2 Å². The smallest absolute Gasteiger partial charge is 0.187 e. The number of hydrogen-bond donors (Lipinski definition) is 2. The number of thiocarbonyl (C=S) groups is 1. The van der Waals surface area contributed by atoms with Crippen LogP contribution in [0, 0.1) is 0 Å². The molecule has 0 spiro atoms. The molecule has 4 nitrogen and oxygen atoms in total. The molecule has 0 atom stereocenters. The SMILES string of the molecule is CC(C)(C)c1csc(Nc2cccnc2C(N)=S)n1. The second-order valence-corrected chi connectivity index (χ2v) is 6.47. The monoisotopic (exact) mass is 292 g/mol. The Morgan fingerprint density at radius 3 is 2.74 bits per heavy atom. The van der Waals surface area contributed by atoms with E-state index < -0.39 is 0 Å². The molecule has 0 aliphatic heterocycles. The van der Waals surface area contributed by atoms with Crippen molar-refractivity contribution in [1.82, 2.24) is 9.97 Å². The number of nitrogens with zero attached hydrogens (tertiary/aromatic N) is 2. The predicted molar refractivity (Wildman–Crippen MR) is 84.2 cm³/mol. The highest BCUT2D eigenvalue weighted by Crippen LogP contribution is 2.28. The Kier molecular flexibility index (Phi) is 3.82. The Morgan fingerprint density at radius 1 is 1.42 bits per heavy atom. The maximum atomic E-state index is 5.65. The summed E-state index contributed by atoms with van der Waals surface area (Å²) in [5.74, 6) is 0. The van der Waals surface area contributed by atoms with Gasteiger partial charge in [0.2, 0.25) is 0 Å². The number of anilines is 2. The third-order valence-electron chi connectivity index (χ3n) is 2.56. The molecule has 0 aliphatic rings. The summed E-state index contributed by atoms with van der Waals surface area (Å²) in [7, 11) is 0. The minimum Gasteiger partial charge on any atom is -0.388 e. The van der Waals surface area contributed by atoms with Crippen molar-refractivity contribution in [3.8, 4) is 0 Å². The lowest BCUT2D eigenvalue weighted by Crippen LogP contribution is -2.14. The lowest BCUT2D eigenvalue weighted by Gasteiger charge is -2.14. The summed E-state index contributed by atoms with van der Waals surface area (Å²) in [4.78, 5) is 9.02. The Morgan fingerprint density at radius 2 is 2.16 bits per heavy atom. The van der Waals surface area contributed by atoms with E-state index in [0.29, 0.717) is 5.69 Å². The minimum absolute atomic E-state index is 0.0391. The van der Waals surface area contributed by atoms with Gasteiger partial charge in [0.15, 0.2) is 5.13 Å². The second-order valence-electron chi connectivity index (χ2n) is 5.18. The van der Waals surface area contributed by atoms with Crippen molar-refractivity contribution in [2.45, 2.75) is 26.2 Å². The molecular formula is C13H16N4S2. The number of thiazole rings is 1. The first-order valence-electron chi connectivity index (χ1n) is 5.86. The summed E-state index contributed by atoms with van der Waals surface area (Å²) in [6.07, 6.45) is 1.67. The van der Waals surface area contributed by atoms with Gasteiger partial charge in [0.25, 0.3) is 0 Å². The Bertz CT molecular complexity index is 599. The van der Waals surface area contributed by atoms with Crippen molar-refractivity contribution in [2.75, 3.05) is 5.32 Å². The first-order valence-corrected chi connectivity index (χ1v) is 7.14. The minimum atomic E-state index is 0.0391. The average Bonchev–Trinajstić information content (AvgIpc) is 2.77. The summed E-state index contributed by atoms with van der Waals surface area (Å²) in [5, 5.41) is 6.09. The zero-order valence-corrected chi connectivity index (χ0v) is 12.7. The first-order chi connectivity index (χ1) is 8.88. The maximum absolute atomic E-state index is 5.65. The number of hydrogen-bond acceptors (Lipinski definition) is 5. The molecule has 2 aromatic rings. The van der Waals surface area contributed by atoms with Gasteiger partial charge in [-0.3, -0.25) is 4.98 Å². The van der Waals surface area contributed by atoms with Crippen molar-refractivity contribution in [2.24, 2.45) is 5.73 Å². The van der Waals surface area contributed by atoms with Gasteiger partial charge in [0.05, 0.1) is 11.4 Å². The van der Waals surface area contributed by atoms with Crippen molar-refractivity contribution < 1.29 is 0 Å². The van der Waals surface area contributed by atoms with Crippen LogP contribution in [0.5, 0.6) is 0 Å². The molecule has 0 bridgehead atoms.